The zero-order chi connectivity index (χ0) is 11.0. The summed E-state index contributed by atoms with van der Waals surface area (Å²) in [4.78, 5) is 15.3. The van der Waals surface area contributed by atoms with E-state index >= 15 is 0 Å². The first-order valence-corrected chi connectivity index (χ1v) is 3.74. The van der Waals surface area contributed by atoms with E-state index in [9.17, 15) is 0 Å². The predicted molar refractivity (Wildman–Crippen MR) is 49.9 cm³/mol. The Bertz CT molecular complexity index is 516. The van der Waals surface area contributed by atoms with Crippen molar-refractivity contribution in [1.29, 1.82) is 0 Å². The number of nitrogen functional groups attached to an aromatic ring is 2. The maximum Gasteiger partial charge on any atom is 0.224 e. The van der Waals surface area contributed by atoms with Gasteiger partial charge in [-0.2, -0.15) is 9.97 Å². The number of fused-ring (bicyclic) bond motifs is 1. The number of aliphatic hydroxyl groups is 1. The first-order chi connectivity index (χ1) is 7.08. The van der Waals surface area contributed by atoms with Crippen LogP contribution in [0.3, 0.4) is 0 Å². The Morgan fingerprint density at radius 3 is 2.86 bits per heavy atom. The van der Waals surface area contributed by atoms with E-state index < -0.39 is 6.58 Å². The first-order valence-electron chi connectivity index (χ1n) is 4.31. The summed E-state index contributed by atoms with van der Waals surface area (Å²) in [6.07, 6.45) is 1.24. The molecule has 0 radical (unpaired) electrons. The Labute approximate surface area is 80.2 Å². The van der Waals surface area contributed by atoms with Crippen LogP contribution >= 0.6 is 0 Å². The molecule has 0 aliphatic rings. The van der Waals surface area contributed by atoms with Crippen molar-refractivity contribution >= 4 is 22.9 Å². The molecule has 7 nitrogen and oxygen atoms in total. The second-order valence-corrected chi connectivity index (χ2v) is 2.56. The van der Waals surface area contributed by atoms with E-state index in [0.29, 0.717) is 0 Å². The van der Waals surface area contributed by atoms with Gasteiger partial charge in [-0.1, -0.05) is 0 Å². The fourth-order valence-corrected chi connectivity index (χ4v) is 1.02. The smallest absolute Gasteiger partial charge is 0.224 e. The van der Waals surface area contributed by atoms with Crippen molar-refractivity contribution in [2.75, 3.05) is 11.5 Å². The van der Waals surface area contributed by atoms with Gasteiger partial charge in [0.2, 0.25) is 5.95 Å². The van der Waals surface area contributed by atoms with Crippen LogP contribution in [0.4, 0.5) is 11.8 Å². The van der Waals surface area contributed by atoms with Crippen LogP contribution < -0.4 is 11.5 Å². The molecule has 0 aliphatic carbocycles. The Kier molecular flexibility index (Phi) is 1.60. The molecule has 0 saturated carbocycles. The zero-order valence-electron chi connectivity index (χ0n) is 8.05. The average Bonchev–Trinajstić information content (AvgIpc) is 2.16. The molecule has 2 heterocycles. The number of anilines is 2. The molecule has 14 heavy (non-hydrogen) atoms. The van der Waals surface area contributed by atoms with Gasteiger partial charge in [-0.15, -0.1) is 0 Å². The molecule has 5 N–H and O–H groups in total. The quantitative estimate of drug-likeness (QED) is 0.536. The van der Waals surface area contributed by atoms with E-state index in [0.717, 1.165) is 0 Å². The molecule has 0 amide bonds. The molecule has 0 saturated heterocycles. The van der Waals surface area contributed by atoms with Crippen LogP contribution in [-0.2, 0) is 6.58 Å². The Balaban J connectivity index is 2.71. The summed E-state index contributed by atoms with van der Waals surface area (Å²) in [6, 6.07) is 0. The summed E-state index contributed by atoms with van der Waals surface area (Å²) in [5.74, 6) is 0.0842. The van der Waals surface area contributed by atoms with Gasteiger partial charge in [0.25, 0.3) is 0 Å². The van der Waals surface area contributed by atoms with E-state index in [4.69, 9.17) is 17.9 Å². The number of hydrogen-bond donors (Lipinski definition) is 3. The fourth-order valence-electron chi connectivity index (χ4n) is 1.02. The number of hydrogen-bond acceptors (Lipinski definition) is 7. The lowest BCUT2D eigenvalue weighted by molar-refractivity contribution is 0.277. The summed E-state index contributed by atoms with van der Waals surface area (Å²) in [7, 11) is 0. The molecule has 2 aromatic rings. The van der Waals surface area contributed by atoms with E-state index in [1.165, 1.54) is 6.20 Å². The van der Waals surface area contributed by atoms with Gasteiger partial charge in [-0.3, -0.25) is 0 Å². The molecular weight excluding hydrogens is 184 g/mol. The van der Waals surface area contributed by atoms with Crippen LogP contribution in [0.1, 0.15) is 7.06 Å². The van der Waals surface area contributed by atoms with Gasteiger partial charge < -0.3 is 16.6 Å². The largest absolute Gasteiger partial charge is 0.390 e. The standard InChI is InChI=1S/C7H8N6O/c8-5-4-6(13-7(9)12-5)10-1-3(2-14)11-4/h1,14H,2H2,(H4,8,9,10,12,13)/i2T. The molecule has 0 spiro atoms. The Hall–Kier alpha value is -2.02. The zero-order valence-corrected chi connectivity index (χ0v) is 7.05. The van der Waals surface area contributed by atoms with Crippen molar-refractivity contribution in [3.8, 4) is 0 Å². The van der Waals surface area contributed by atoms with E-state index in [1.807, 2.05) is 0 Å². The van der Waals surface area contributed by atoms with Crippen molar-refractivity contribution in [3.05, 3.63) is 11.9 Å². The average molecular weight is 194 g/mol. The lowest BCUT2D eigenvalue weighted by Gasteiger charge is -2.01. The van der Waals surface area contributed by atoms with Gasteiger partial charge >= 0.3 is 0 Å². The third-order valence-electron chi connectivity index (χ3n) is 1.60. The molecule has 7 heteroatoms. The minimum Gasteiger partial charge on any atom is -0.390 e. The number of aliphatic hydroxyl groups excluding tert-OH is 1. The van der Waals surface area contributed by atoms with Crippen molar-refractivity contribution in [1.82, 2.24) is 19.9 Å². The third kappa shape index (κ3) is 1.29. The van der Waals surface area contributed by atoms with E-state index in [1.54, 1.807) is 0 Å². The maximum atomic E-state index is 8.99. The van der Waals surface area contributed by atoms with Crippen molar-refractivity contribution in [2.45, 2.75) is 6.58 Å². The second-order valence-electron chi connectivity index (χ2n) is 2.56. The number of nitrogens with two attached hydrogens (primary N) is 2. The number of aromatic nitrogens is 4. The van der Waals surface area contributed by atoms with Crippen LogP contribution in [0.25, 0.3) is 11.2 Å². The summed E-state index contributed by atoms with van der Waals surface area (Å²) >= 11 is 0. The Morgan fingerprint density at radius 2 is 2.14 bits per heavy atom. The molecule has 0 bridgehead atoms. The fraction of sp³-hybridized carbons (Fsp3) is 0.143. The molecule has 0 aliphatic heterocycles. The van der Waals surface area contributed by atoms with Crippen molar-refractivity contribution < 1.29 is 6.48 Å². The molecule has 1 unspecified atom stereocenters. The topological polar surface area (TPSA) is 124 Å². The minimum absolute atomic E-state index is 0.00784. The Morgan fingerprint density at radius 1 is 1.36 bits per heavy atom. The third-order valence-corrected chi connectivity index (χ3v) is 1.60. The highest BCUT2D eigenvalue weighted by Crippen LogP contribution is 2.14. The summed E-state index contributed by atoms with van der Waals surface area (Å²) in [6.45, 7) is -1.46. The first kappa shape index (κ1) is 7.39. The van der Waals surface area contributed by atoms with Gasteiger partial charge in [0.15, 0.2) is 17.0 Å². The van der Waals surface area contributed by atoms with Crippen LogP contribution in [0, 0.1) is 0 Å². The van der Waals surface area contributed by atoms with Gasteiger partial charge in [-0.05, 0) is 0 Å². The van der Waals surface area contributed by atoms with Gasteiger partial charge in [0, 0.05) is 0 Å². The highest BCUT2D eigenvalue weighted by atomic mass is 16.3. The highest BCUT2D eigenvalue weighted by molar-refractivity contribution is 5.81. The lowest BCUT2D eigenvalue weighted by Crippen LogP contribution is -2.04. The highest BCUT2D eigenvalue weighted by Gasteiger charge is 2.06. The number of rotatable bonds is 1. The molecule has 2 aromatic heterocycles. The van der Waals surface area contributed by atoms with Crippen LogP contribution in [0.15, 0.2) is 6.20 Å². The normalized spacial score (nSPS) is 13.9. The molecule has 1 atom stereocenters. The van der Waals surface area contributed by atoms with E-state index in [-0.39, 0.29) is 28.6 Å². The summed E-state index contributed by atoms with van der Waals surface area (Å²) < 4.78 is 7.05. The second kappa shape index (κ2) is 3.04. The number of nitrogens with zero attached hydrogens (tertiary/aromatic N) is 4. The van der Waals surface area contributed by atoms with Gasteiger partial charge in [0.1, 0.15) is 0 Å². The molecule has 0 fully saturated rings. The van der Waals surface area contributed by atoms with Gasteiger partial charge in [-0.25, -0.2) is 9.97 Å². The molecule has 72 valence electrons. The predicted octanol–water partition coefficient (Wildman–Crippen LogP) is -0.924. The molecule has 0 aromatic carbocycles. The summed E-state index contributed by atoms with van der Waals surface area (Å²) in [5.41, 5.74) is 11.5. The van der Waals surface area contributed by atoms with Gasteiger partial charge in [0.05, 0.1) is 19.8 Å². The molecular formula is C7H8N6O. The molecule has 2 rings (SSSR count). The van der Waals surface area contributed by atoms with E-state index in [2.05, 4.69) is 19.9 Å². The van der Waals surface area contributed by atoms with Crippen LogP contribution in [0.5, 0.6) is 0 Å². The summed E-state index contributed by atoms with van der Waals surface area (Å²) in [5, 5.41) is 8.99. The maximum absolute atomic E-state index is 8.99. The van der Waals surface area contributed by atoms with Crippen molar-refractivity contribution in [2.24, 2.45) is 0 Å². The lowest BCUT2D eigenvalue weighted by atomic mass is 10.4. The van der Waals surface area contributed by atoms with Crippen molar-refractivity contribution in [3.63, 3.8) is 0 Å². The SMILES string of the molecule is [3H]C(O)c1cnc2nc(N)nc(N)c2n1. The monoisotopic (exact) mass is 194 g/mol. The van der Waals surface area contributed by atoms with Crippen LogP contribution in [-0.4, -0.2) is 25.0 Å². The minimum atomic E-state index is -1.46. The van der Waals surface area contributed by atoms with Crippen LogP contribution in [0.2, 0.25) is 0 Å².